The Hall–Kier alpha value is -2.63. The first-order chi connectivity index (χ1) is 15.7. The molecule has 2 heterocycles. The number of hydrogen-bond donors (Lipinski definition) is 3. The second-order valence-electron chi connectivity index (χ2n) is 8.92. The number of carbonyl (C=O) groups is 1. The van der Waals surface area contributed by atoms with Crippen molar-refractivity contribution < 1.29 is 14.4 Å². The van der Waals surface area contributed by atoms with Crippen molar-refractivity contribution >= 4 is 16.8 Å². The Kier molecular flexibility index (Phi) is 7.61. The molecular weight excluding hydrogens is 398 g/mol. The molecule has 4 rings (SSSR count). The number of aromatic nitrogens is 1. The van der Waals surface area contributed by atoms with Crippen molar-refractivity contribution in [2.75, 3.05) is 39.4 Å². The Labute approximate surface area is 191 Å². The fraction of sp³-hybridized carbons (Fsp3) is 0.444. The van der Waals surface area contributed by atoms with Crippen LogP contribution in [0.3, 0.4) is 0 Å². The molecule has 3 N–H and O–H groups in total. The summed E-state index contributed by atoms with van der Waals surface area (Å²) in [5.74, 6) is 0.148. The quantitative estimate of drug-likeness (QED) is 0.454. The molecule has 1 aliphatic rings. The van der Waals surface area contributed by atoms with Crippen LogP contribution in [0.1, 0.15) is 47.9 Å². The van der Waals surface area contributed by atoms with E-state index in [-0.39, 0.29) is 11.8 Å². The molecule has 1 aliphatic heterocycles. The van der Waals surface area contributed by atoms with Gasteiger partial charge in [0.1, 0.15) is 13.1 Å². The van der Waals surface area contributed by atoms with E-state index in [1.807, 2.05) is 0 Å². The van der Waals surface area contributed by atoms with Gasteiger partial charge in [-0.15, -0.1) is 0 Å². The minimum atomic E-state index is 0.0290. The van der Waals surface area contributed by atoms with E-state index >= 15 is 0 Å². The van der Waals surface area contributed by atoms with Crippen LogP contribution >= 0.6 is 0 Å². The van der Waals surface area contributed by atoms with E-state index in [1.54, 1.807) is 4.90 Å². The van der Waals surface area contributed by atoms with Gasteiger partial charge in [0.15, 0.2) is 0 Å². The highest BCUT2D eigenvalue weighted by atomic mass is 16.5. The van der Waals surface area contributed by atoms with Gasteiger partial charge in [0.2, 0.25) is 5.91 Å². The molecule has 1 atom stereocenters. The van der Waals surface area contributed by atoms with Gasteiger partial charge in [-0.3, -0.25) is 4.79 Å². The third-order valence-electron chi connectivity index (χ3n) is 6.69. The number of ether oxygens (including phenoxy) is 1. The van der Waals surface area contributed by atoms with Crippen LogP contribution in [0, 0.1) is 6.92 Å². The molecular formula is C27H36N3O2+. The zero-order valence-electron chi connectivity index (χ0n) is 19.4. The van der Waals surface area contributed by atoms with Crippen LogP contribution in [0.5, 0.6) is 0 Å². The smallest absolute Gasteiger partial charge is 0.220 e. The van der Waals surface area contributed by atoms with Gasteiger partial charge in [-0.25, -0.2) is 0 Å². The number of rotatable bonds is 9. The molecule has 5 nitrogen and oxygen atoms in total. The van der Waals surface area contributed by atoms with Gasteiger partial charge >= 0.3 is 0 Å². The molecule has 5 heteroatoms. The maximum atomic E-state index is 13.0. The summed E-state index contributed by atoms with van der Waals surface area (Å²) in [6.45, 7) is 9.95. The van der Waals surface area contributed by atoms with E-state index in [2.05, 4.69) is 72.8 Å². The van der Waals surface area contributed by atoms with Crippen molar-refractivity contribution in [3.05, 3.63) is 70.9 Å². The summed E-state index contributed by atoms with van der Waals surface area (Å²) in [6, 6.07) is 15.1. The van der Waals surface area contributed by atoms with Crippen molar-refractivity contribution in [3.8, 4) is 0 Å². The molecule has 1 aromatic heterocycles. The third kappa shape index (κ3) is 5.40. The molecule has 1 fully saturated rings. The first-order valence-corrected chi connectivity index (χ1v) is 12.0. The molecule has 0 unspecified atom stereocenters. The number of nitrogens with one attached hydrogen (secondary N) is 3. The number of aryl methyl sites for hydroxylation is 2. The average molecular weight is 435 g/mol. The summed E-state index contributed by atoms with van der Waals surface area (Å²) in [5.41, 5.74) is 6.12. The normalized spacial score (nSPS) is 15.7. The maximum Gasteiger partial charge on any atom is 0.220 e. The molecule has 0 spiro atoms. The molecule has 0 radical (unpaired) electrons. The predicted molar refractivity (Wildman–Crippen MR) is 129 cm³/mol. The standard InChI is InChI=1S/C27H35N3O2/c1-3-21-6-4-7-23-25(19-29-27(21)23)24(22-10-8-20(2)9-11-22)18-26(31)28-12-5-13-30-14-16-32-17-15-30/h4,6-11,19,24,29H,3,5,12-18H2,1-2H3,(H,28,31)/p+1/t24-/m1/s1. The average Bonchev–Trinajstić information content (AvgIpc) is 3.26. The number of aromatic amines is 1. The molecule has 3 aromatic rings. The second-order valence-corrected chi connectivity index (χ2v) is 8.92. The Morgan fingerprint density at radius 3 is 2.69 bits per heavy atom. The monoisotopic (exact) mass is 434 g/mol. The molecule has 0 saturated carbocycles. The first kappa shape index (κ1) is 22.6. The van der Waals surface area contributed by atoms with Crippen LogP contribution in [-0.2, 0) is 16.0 Å². The number of fused-ring (bicyclic) bond motifs is 1. The third-order valence-corrected chi connectivity index (χ3v) is 6.69. The number of para-hydroxylation sites is 1. The largest absolute Gasteiger partial charge is 0.370 e. The van der Waals surface area contributed by atoms with Crippen molar-refractivity contribution in [2.24, 2.45) is 0 Å². The number of hydrogen-bond acceptors (Lipinski definition) is 2. The Balaban J connectivity index is 1.47. The molecule has 32 heavy (non-hydrogen) atoms. The van der Waals surface area contributed by atoms with Gasteiger partial charge in [0.05, 0.1) is 19.8 Å². The number of quaternary nitrogens is 1. The summed E-state index contributed by atoms with van der Waals surface area (Å²) in [6.07, 6.45) is 4.54. The van der Waals surface area contributed by atoms with E-state index in [1.165, 1.54) is 33.2 Å². The minimum absolute atomic E-state index is 0.0290. The van der Waals surface area contributed by atoms with Crippen LogP contribution in [-0.4, -0.2) is 50.3 Å². The van der Waals surface area contributed by atoms with Gasteiger partial charge in [0.25, 0.3) is 0 Å². The van der Waals surface area contributed by atoms with Gasteiger partial charge in [-0.1, -0.05) is 55.0 Å². The Morgan fingerprint density at radius 1 is 1.16 bits per heavy atom. The molecule has 0 aliphatic carbocycles. The minimum Gasteiger partial charge on any atom is -0.370 e. The summed E-state index contributed by atoms with van der Waals surface area (Å²) in [5, 5.41) is 4.39. The molecule has 2 aromatic carbocycles. The van der Waals surface area contributed by atoms with Crippen LogP contribution in [0.2, 0.25) is 0 Å². The number of morpholine rings is 1. The van der Waals surface area contributed by atoms with E-state index < -0.39 is 0 Å². The van der Waals surface area contributed by atoms with Crippen molar-refractivity contribution in [3.63, 3.8) is 0 Å². The maximum absolute atomic E-state index is 13.0. The van der Waals surface area contributed by atoms with Crippen molar-refractivity contribution in [1.29, 1.82) is 0 Å². The number of H-pyrrole nitrogens is 1. The zero-order valence-corrected chi connectivity index (χ0v) is 19.4. The molecule has 1 amide bonds. The predicted octanol–water partition coefficient (Wildman–Crippen LogP) is 2.98. The van der Waals surface area contributed by atoms with Crippen molar-refractivity contribution in [1.82, 2.24) is 10.3 Å². The van der Waals surface area contributed by atoms with E-state index in [0.29, 0.717) is 6.42 Å². The summed E-state index contributed by atoms with van der Waals surface area (Å²) < 4.78 is 5.42. The molecule has 0 bridgehead atoms. The highest BCUT2D eigenvalue weighted by Gasteiger charge is 2.22. The fourth-order valence-electron chi connectivity index (χ4n) is 4.76. The van der Waals surface area contributed by atoms with E-state index in [9.17, 15) is 4.79 Å². The van der Waals surface area contributed by atoms with Crippen LogP contribution in [0.4, 0.5) is 0 Å². The Bertz CT molecular complexity index is 1020. The fourth-order valence-corrected chi connectivity index (χ4v) is 4.76. The topological polar surface area (TPSA) is 58.6 Å². The number of amides is 1. The number of benzene rings is 2. The van der Waals surface area contributed by atoms with Gasteiger partial charge in [0, 0.05) is 42.4 Å². The highest BCUT2D eigenvalue weighted by molar-refractivity contribution is 5.88. The van der Waals surface area contributed by atoms with Gasteiger partial charge in [-0.2, -0.15) is 0 Å². The summed E-state index contributed by atoms with van der Waals surface area (Å²) in [7, 11) is 0. The lowest BCUT2D eigenvalue weighted by molar-refractivity contribution is -0.908. The van der Waals surface area contributed by atoms with Crippen molar-refractivity contribution in [2.45, 2.75) is 39.0 Å². The lowest BCUT2D eigenvalue weighted by Gasteiger charge is -2.23. The van der Waals surface area contributed by atoms with E-state index in [0.717, 1.165) is 52.2 Å². The first-order valence-electron chi connectivity index (χ1n) is 12.0. The lowest BCUT2D eigenvalue weighted by atomic mass is 9.87. The van der Waals surface area contributed by atoms with Crippen LogP contribution in [0.15, 0.2) is 48.7 Å². The summed E-state index contributed by atoms with van der Waals surface area (Å²) >= 11 is 0. The van der Waals surface area contributed by atoms with Crippen LogP contribution in [0.25, 0.3) is 10.9 Å². The summed E-state index contributed by atoms with van der Waals surface area (Å²) in [4.78, 5) is 18.0. The highest BCUT2D eigenvalue weighted by Crippen LogP contribution is 2.34. The molecule has 1 saturated heterocycles. The SMILES string of the molecule is CCc1cccc2c([C@H](CC(=O)NCCC[NH+]3CCOCC3)c3ccc(C)cc3)c[nH]c12. The van der Waals surface area contributed by atoms with Gasteiger partial charge in [-0.05, 0) is 30.0 Å². The zero-order chi connectivity index (χ0) is 22.3. The molecule has 170 valence electrons. The van der Waals surface area contributed by atoms with Gasteiger partial charge < -0.3 is 19.9 Å². The number of carbonyl (C=O) groups excluding carboxylic acids is 1. The van der Waals surface area contributed by atoms with E-state index in [4.69, 9.17) is 4.74 Å². The Morgan fingerprint density at radius 2 is 1.94 bits per heavy atom. The second kappa shape index (κ2) is 10.8. The van der Waals surface area contributed by atoms with Crippen LogP contribution < -0.4 is 10.2 Å². The lowest BCUT2D eigenvalue weighted by Crippen LogP contribution is -3.14.